The topological polar surface area (TPSA) is 102 Å². The van der Waals surface area contributed by atoms with Gasteiger partial charge in [-0.25, -0.2) is 9.78 Å². The van der Waals surface area contributed by atoms with Crippen LogP contribution in [0.15, 0.2) is 44.7 Å². The predicted octanol–water partition coefficient (Wildman–Crippen LogP) is 0.763. The van der Waals surface area contributed by atoms with Crippen molar-refractivity contribution in [3.63, 3.8) is 0 Å². The lowest BCUT2D eigenvalue weighted by Gasteiger charge is -2.13. The molecule has 0 saturated carbocycles. The Morgan fingerprint density at radius 1 is 1.32 bits per heavy atom. The summed E-state index contributed by atoms with van der Waals surface area (Å²) in [7, 11) is 1.52. The molecule has 0 aliphatic rings. The van der Waals surface area contributed by atoms with E-state index in [2.05, 4.69) is 25.9 Å². The minimum Gasteiger partial charge on any atom is -0.389 e. The third-order valence-corrected chi connectivity index (χ3v) is 4.38. The van der Waals surface area contributed by atoms with Crippen LogP contribution in [0.5, 0.6) is 0 Å². The van der Waals surface area contributed by atoms with Crippen LogP contribution in [-0.4, -0.2) is 36.9 Å². The fraction of sp³-hybridized carbons (Fsp3) is 0.312. The third kappa shape index (κ3) is 3.73. The molecule has 8 nitrogen and oxygen atoms in total. The van der Waals surface area contributed by atoms with Gasteiger partial charge in [0.25, 0.3) is 5.56 Å². The molecule has 0 amide bonds. The number of H-pyrrole nitrogens is 1. The maximum Gasteiger partial charge on any atom is 0.329 e. The van der Waals surface area contributed by atoms with E-state index < -0.39 is 17.4 Å². The van der Waals surface area contributed by atoms with E-state index in [-0.39, 0.29) is 24.3 Å². The van der Waals surface area contributed by atoms with Gasteiger partial charge in [0.1, 0.15) is 0 Å². The quantitative estimate of drug-likeness (QED) is 0.586. The average molecular weight is 409 g/mol. The van der Waals surface area contributed by atoms with Crippen LogP contribution in [0, 0.1) is 0 Å². The average Bonchev–Trinajstić information content (AvgIpc) is 2.91. The zero-order valence-corrected chi connectivity index (χ0v) is 15.1. The largest absolute Gasteiger partial charge is 0.389 e. The van der Waals surface area contributed by atoms with Gasteiger partial charge in [0, 0.05) is 7.05 Å². The minimum atomic E-state index is -0.839. The predicted molar refractivity (Wildman–Crippen MR) is 95.4 cm³/mol. The van der Waals surface area contributed by atoms with Crippen LogP contribution < -0.4 is 11.2 Å². The van der Waals surface area contributed by atoms with Gasteiger partial charge in [-0.15, -0.1) is 0 Å². The Bertz CT molecular complexity index is 993. The highest BCUT2D eigenvalue weighted by molar-refractivity contribution is 9.10. The Morgan fingerprint density at radius 2 is 2.04 bits per heavy atom. The van der Waals surface area contributed by atoms with Crippen LogP contribution >= 0.6 is 15.9 Å². The minimum absolute atomic E-state index is 0.102. The molecule has 0 aliphatic carbocycles. The van der Waals surface area contributed by atoms with E-state index >= 15 is 0 Å². The second kappa shape index (κ2) is 7.34. The highest BCUT2D eigenvalue weighted by Gasteiger charge is 2.18. The summed E-state index contributed by atoms with van der Waals surface area (Å²) in [5, 5.41) is 10.2. The molecule has 3 aromatic rings. The standard InChI is InChI=1S/C16H17BrN4O4/c1-20-13-12(14(23)19-16(20)24)21(15(17)18-13)7-11(22)9-25-8-10-5-3-2-4-6-10/h2-6,11,22H,7-9H2,1H3,(H,19,23,24)/t11-/m1/s1. The number of imidazole rings is 1. The number of aromatic nitrogens is 4. The first kappa shape index (κ1) is 17.6. The smallest absolute Gasteiger partial charge is 0.329 e. The number of ether oxygens (including phenoxy) is 1. The van der Waals surface area contributed by atoms with E-state index in [1.807, 2.05) is 30.3 Å². The van der Waals surface area contributed by atoms with Gasteiger partial charge in [0.15, 0.2) is 15.9 Å². The van der Waals surface area contributed by atoms with Crippen molar-refractivity contribution in [3.8, 4) is 0 Å². The fourth-order valence-corrected chi connectivity index (χ4v) is 3.02. The summed E-state index contributed by atoms with van der Waals surface area (Å²) in [6.07, 6.45) is -0.839. The summed E-state index contributed by atoms with van der Waals surface area (Å²) < 4.78 is 8.64. The lowest BCUT2D eigenvalue weighted by atomic mass is 10.2. The number of aliphatic hydroxyl groups is 1. The first-order valence-corrected chi connectivity index (χ1v) is 8.41. The van der Waals surface area contributed by atoms with Crippen molar-refractivity contribution in [3.05, 3.63) is 61.5 Å². The summed E-state index contributed by atoms with van der Waals surface area (Å²) in [6.45, 7) is 0.594. The number of aromatic amines is 1. The number of aliphatic hydroxyl groups excluding tert-OH is 1. The lowest BCUT2D eigenvalue weighted by molar-refractivity contribution is 0.0206. The summed E-state index contributed by atoms with van der Waals surface area (Å²) >= 11 is 3.27. The SMILES string of the molecule is Cn1c(=O)[nH]c(=O)c2c1nc(Br)n2C[C@@H](O)COCc1ccccc1. The number of hydrogen-bond acceptors (Lipinski definition) is 5. The van der Waals surface area contributed by atoms with E-state index in [0.717, 1.165) is 5.56 Å². The van der Waals surface area contributed by atoms with Crippen LogP contribution in [0.4, 0.5) is 0 Å². The Hall–Kier alpha value is -2.23. The van der Waals surface area contributed by atoms with Crippen molar-refractivity contribution >= 4 is 27.1 Å². The molecule has 2 aromatic heterocycles. The number of halogens is 1. The Labute approximate surface area is 150 Å². The number of hydrogen-bond donors (Lipinski definition) is 2. The van der Waals surface area contributed by atoms with Crippen LogP contribution in [0.3, 0.4) is 0 Å². The molecule has 3 rings (SSSR count). The monoisotopic (exact) mass is 408 g/mol. The zero-order valence-electron chi connectivity index (χ0n) is 13.5. The molecular formula is C16H17BrN4O4. The number of rotatable bonds is 6. The van der Waals surface area contributed by atoms with Crippen LogP contribution in [-0.2, 0) is 24.9 Å². The molecule has 132 valence electrons. The molecule has 1 aromatic carbocycles. The molecule has 0 unspecified atom stereocenters. The molecule has 25 heavy (non-hydrogen) atoms. The molecule has 9 heteroatoms. The molecular weight excluding hydrogens is 392 g/mol. The normalized spacial score (nSPS) is 12.6. The summed E-state index contributed by atoms with van der Waals surface area (Å²) in [5.41, 5.74) is 0.389. The molecule has 2 heterocycles. The second-order valence-electron chi connectivity index (χ2n) is 5.64. The molecule has 0 bridgehead atoms. The third-order valence-electron chi connectivity index (χ3n) is 3.78. The number of benzene rings is 1. The summed E-state index contributed by atoms with van der Waals surface area (Å²) in [5.74, 6) is 0. The highest BCUT2D eigenvalue weighted by atomic mass is 79.9. The second-order valence-corrected chi connectivity index (χ2v) is 6.35. The van der Waals surface area contributed by atoms with Crippen molar-refractivity contribution in [2.24, 2.45) is 7.05 Å². The summed E-state index contributed by atoms with van der Waals surface area (Å²) in [6, 6.07) is 9.63. The van der Waals surface area contributed by atoms with Gasteiger partial charge < -0.3 is 14.4 Å². The first-order chi connectivity index (χ1) is 12.0. The number of nitrogens with zero attached hydrogens (tertiary/aromatic N) is 3. The fourth-order valence-electron chi connectivity index (χ4n) is 2.53. The molecule has 0 radical (unpaired) electrons. The van der Waals surface area contributed by atoms with Gasteiger partial charge >= 0.3 is 5.69 Å². The van der Waals surface area contributed by atoms with E-state index in [4.69, 9.17) is 4.74 Å². The first-order valence-electron chi connectivity index (χ1n) is 7.62. The van der Waals surface area contributed by atoms with Gasteiger partial charge in [0.05, 0.1) is 25.9 Å². The molecule has 0 fully saturated rings. The molecule has 0 saturated heterocycles. The maximum absolute atomic E-state index is 12.1. The Morgan fingerprint density at radius 3 is 2.76 bits per heavy atom. The van der Waals surface area contributed by atoms with E-state index in [0.29, 0.717) is 11.3 Å². The summed E-state index contributed by atoms with van der Waals surface area (Å²) in [4.78, 5) is 30.2. The van der Waals surface area contributed by atoms with Crippen LogP contribution in [0.1, 0.15) is 5.56 Å². The lowest BCUT2D eigenvalue weighted by Crippen LogP contribution is -2.30. The van der Waals surface area contributed by atoms with Gasteiger partial charge in [-0.1, -0.05) is 30.3 Å². The number of fused-ring (bicyclic) bond motifs is 1. The van der Waals surface area contributed by atoms with Crippen molar-refractivity contribution < 1.29 is 9.84 Å². The van der Waals surface area contributed by atoms with Gasteiger partial charge in [-0.05, 0) is 21.5 Å². The highest BCUT2D eigenvalue weighted by Crippen LogP contribution is 2.16. The zero-order chi connectivity index (χ0) is 18.0. The van der Waals surface area contributed by atoms with Crippen molar-refractivity contribution in [1.29, 1.82) is 0 Å². The molecule has 1 atom stereocenters. The van der Waals surface area contributed by atoms with Gasteiger partial charge in [0.2, 0.25) is 0 Å². The number of aryl methyl sites for hydroxylation is 1. The van der Waals surface area contributed by atoms with Crippen molar-refractivity contribution in [2.45, 2.75) is 19.3 Å². The maximum atomic E-state index is 12.1. The Balaban J connectivity index is 1.74. The van der Waals surface area contributed by atoms with Crippen LogP contribution in [0.2, 0.25) is 0 Å². The van der Waals surface area contributed by atoms with Crippen molar-refractivity contribution in [2.75, 3.05) is 6.61 Å². The molecule has 0 spiro atoms. The van der Waals surface area contributed by atoms with Crippen LogP contribution in [0.25, 0.3) is 11.2 Å². The van der Waals surface area contributed by atoms with Crippen molar-refractivity contribution in [1.82, 2.24) is 19.1 Å². The van der Waals surface area contributed by atoms with Gasteiger partial charge in [-0.3, -0.25) is 14.3 Å². The van der Waals surface area contributed by atoms with E-state index in [9.17, 15) is 14.7 Å². The van der Waals surface area contributed by atoms with E-state index in [1.54, 1.807) is 0 Å². The Kier molecular flexibility index (Phi) is 5.16. The molecule has 0 aliphatic heterocycles. The van der Waals surface area contributed by atoms with E-state index in [1.165, 1.54) is 16.2 Å². The molecule has 2 N–H and O–H groups in total. The number of nitrogens with one attached hydrogen (secondary N) is 1. The van der Waals surface area contributed by atoms with Gasteiger partial charge in [-0.2, -0.15) is 0 Å².